The monoisotopic (exact) mass is 470 g/mol. The second-order valence-electron chi connectivity index (χ2n) is 9.21. The minimum Gasteiger partial charge on any atom is -0.393 e. The van der Waals surface area contributed by atoms with Crippen LogP contribution in [0, 0.1) is 6.92 Å². The molecule has 0 bridgehead atoms. The Balaban J connectivity index is 1.35. The van der Waals surface area contributed by atoms with E-state index in [1.54, 1.807) is 10.9 Å². The van der Waals surface area contributed by atoms with E-state index in [0.717, 1.165) is 63.8 Å². The van der Waals surface area contributed by atoms with Crippen molar-refractivity contribution in [3.63, 3.8) is 0 Å². The molecule has 1 aliphatic carbocycles. The summed E-state index contributed by atoms with van der Waals surface area (Å²) in [7, 11) is 0. The van der Waals surface area contributed by atoms with E-state index in [1.807, 2.05) is 24.4 Å². The Labute approximate surface area is 201 Å². The summed E-state index contributed by atoms with van der Waals surface area (Å²) >= 11 is 0. The first-order chi connectivity index (χ1) is 16.9. The van der Waals surface area contributed by atoms with Crippen molar-refractivity contribution in [1.29, 1.82) is 0 Å². The van der Waals surface area contributed by atoms with Gasteiger partial charge in [-0.1, -0.05) is 0 Å². The van der Waals surface area contributed by atoms with E-state index in [2.05, 4.69) is 37.6 Å². The second-order valence-corrected chi connectivity index (χ2v) is 9.21. The molecule has 35 heavy (non-hydrogen) atoms. The van der Waals surface area contributed by atoms with E-state index in [9.17, 15) is 9.90 Å². The lowest BCUT2D eigenvalue weighted by Crippen LogP contribution is -2.25. The van der Waals surface area contributed by atoms with Gasteiger partial charge in [0.25, 0.3) is 0 Å². The van der Waals surface area contributed by atoms with E-state index in [0.29, 0.717) is 30.4 Å². The molecule has 0 aromatic carbocycles. The van der Waals surface area contributed by atoms with Crippen molar-refractivity contribution in [2.24, 2.45) is 0 Å². The Morgan fingerprint density at radius 2 is 2.06 bits per heavy atom. The number of nitrogens with zero attached hydrogens (tertiary/aromatic N) is 5. The standard InChI is InChI=1S/C25H26N8O2/c1-13-17-9-16(34)2-3-20(17)28-10-18(13)21-6-14-7-22(29-11-19(14)25(26)30-21)31-23-8-15-4-5-27-24(35)12-33(15)32-23/h6-8,10-11,16,34H,2-5,9,12H2,1H3,(H2,26,30)(H,27,35)(H,29,31,32)/t16-/m0/s1. The van der Waals surface area contributed by atoms with Crippen molar-refractivity contribution < 1.29 is 9.90 Å². The number of hydrogen-bond donors (Lipinski definition) is 4. The van der Waals surface area contributed by atoms with Gasteiger partial charge in [0, 0.05) is 60.2 Å². The zero-order valence-electron chi connectivity index (χ0n) is 19.4. The van der Waals surface area contributed by atoms with Crippen molar-refractivity contribution in [2.45, 2.75) is 45.3 Å². The normalized spacial score (nSPS) is 17.4. The average molecular weight is 471 g/mol. The Kier molecular flexibility index (Phi) is 5.10. The average Bonchev–Trinajstić information content (AvgIpc) is 3.10. The molecule has 0 fully saturated rings. The first-order valence-corrected chi connectivity index (χ1v) is 11.8. The molecule has 0 radical (unpaired) electrons. The van der Waals surface area contributed by atoms with Crippen LogP contribution in [0.4, 0.5) is 17.5 Å². The third-order valence-electron chi connectivity index (χ3n) is 6.85. The summed E-state index contributed by atoms with van der Waals surface area (Å²) in [6.07, 6.45) is 6.09. The number of carbonyl (C=O) groups excluding carboxylic acids is 1. The van der Waals surface area contributed by atoms with Crippen LogP contribution in [0.25, 0.3) is 22.0 Å². The van der Waals surface area contributed by atoms with Crippen LogP contribution in [0.5, 0.6) is 0 Å². The van der Waals surface area contributed by atoms with E-state index in [1.165, 1.54) is 0 Å². The van der Waals surface area contributed by atoms with Crippen LogP contribution in [-0.4, -0.2) is 48.4 Å². The molecule has 178 valence electrons. The van der Waals surface area contributed by atoms with E-state index < -0.39 is 0 Å². The van der Waals surface area contributed by atoms with Crippen LogP contribution in [0.3, 0.4) is 0 Å². The molecular formula is C25H26N8O2. The number of amides is 1. The Morgan fingerprint density at radius 3 is 2.94 bits per heavy atom. The molecule has 0 unspecified atom stereocenters. The SMILES string of the molecule is Cc1c(-c2cc3cc(Nc4cc5n(n4)CC(=O)NCC5)ncc3c(N)n2)cnc2c1C[C@@H](O)CC2. The van der Waals surface area contributed by atoms with Gasteiger partial charge >= 0.3 is 0 Å². The predicted octanol–water partition coefficient (Wildman–Crippen LogP) is 2.04. The number of aromatic nitrogens is 5. The third-order valence-corrected chi connectivity index (χ3v) is 6.85. The molecule has 0 saturated heterocycles. The fraction of sp³-hybridized carbons (Fsp3) is 0.320. The number of rotatable bonds is 3. The maximum Gasteiger partial charge on any atom is 0.241 e. The number of aliphatic hydroxyl groups is 1. The molecule has 5 N–H and O–H groups in total. The zero-order valence-corrected chi connectivity index (χ0v) is 19.4. The molecule has 1 aliphatic heterocycles. The number of aliphatic hydroxyl groups excluding tert-OH is 1. The first-order valence-electron chi connectivity index (χ1n) is 11.8. The zero-order chi connectivity index (χ0) is 24.1. The minimum atomic E-state index is -0.333. The van der Waals surface area contributed by atoms with Gasteiger partial charge in [0.2, 0.25) is 5.91 Å². The maximum atomic E-state index is 11.8. The van der Waals surface area contributed by atoms with Gasteiger partial charge in [-0.05, 0) is 48.4 Å². The highest BCUT2D eigenvalue weighted by molar-refractivity contribution is 5.95. The Bertz CT molecular complexity index is 1480. The second kappa shape index (κ2) is 8.31. The van der Waals surface area contributed by atoms with Gasteiger partial charge in [-0.2, -0.15) is 5.10 Å². The molecule has 6 rings (SSSR count). The summed E-state index contributed by atoms with van der Waals surface area (Å²) in [6.45, 7) is 2.86. The number of nitrogens with one attached hydrogen (secondary N) is 2. The summed E-state index contributed by atoms with van der Waals surface area (Å²) in [6, 6.07) is 5.84. The topological polar surface area (TPSA) is 144 Å². The van der Waals surface area contributed by atoms with Gasteiger partial charge in [0.1, 0.15) is 18.2 Å². The highest BCUT2D eigenvalue weighted by Crippen LogP contribution is 2.33. The van der Waals surface area contributed by atoms with Gasteiger partial charge in [-0.15, -0.1) is 0 Å². The number of nitrogen functional groups attached to an aromatic ring is 1. The number of anilines is 3. The smallest absolute Gasteiger partial charge is 0.241 e. The molecule has 0 spiro atoms. The summed E-state index contributed by atoms with van der Waals surface area (Å²) in [5.41, 5.74) is 12.2. The van der Waals surface area contributed by atoms with Crippen molar-refractivity contribution in [1.82, 2.24) is 30.0 Å². The summed E-state index contributed by atoms with van der Waals surface area (Å²) in [4.78, 5) is 25.6. The summed E-state index contributed by atoms with van der Waals surface area (Å²) in [5.74, 6) is 1.61. The Hall–Kier alpha value is -4.05. The van der Waals surface area contributed by atoms with Crippen molar-refractivity contribution in [3.05, 3.63) is 53.1 Å². The number of pyridine rings is 3. The van der Waals surface area contributed by atoms with E-state index in [4.69, 9.17) is 5.73 Å². The van der Waals surface area contributed by atoms with Gasteiger partial charge in [-0.3, -0.25) is 14.5 Å². The molecule has 10 heteroatoms. The van der Waals surface area contributed by atoms with E-state index >= 15 is 0 Å². The third kappa shape index (κ3) is 3.95. The molecule has 1 amide bonds. The van der Waals surface area contributed by atoms with Gasteiger partial charge in [0.15, 0.2) is 5.82 Å². The highest BCUT2D eigenvalue weighted by atomic mass is 16.3. The molecule has 10 nitrogen and oxygen atoms in total. The molecule has 2 aliphatic rings. The largest absolute Gasteiger partial charge is 0.393 e. The van der Waals surface area contributed by atoms with Crippen LogP contribution in [-0.2, 0) is 30.6 Å². The lowest BCUT2D eigenvalue weighted by molar-refractivity contribution is -0.121. The number of nitrogens with two attached hydrogens (primary N) is 1. The number of carbonyl (C=O) groups is 1. The van der Waals surface area contributed by atoms with Crippen molar-refractivity contribution >= 4 is 34.1 Å². The number of hydrogen-bond acceptors (Lipinski definition) is 8. The van der Waals surface area contributed by atoms with Crippen LogP contribution in [0.1, 0.15) is 28.9 Å². The Morgan fingerprint density at radius 1 is 1.17 bits per heavy atom. The summed E-state index contributed by atoms with van der Waals surface area (Å²) in [5, 5.41) is 22.4. The molecule has 4 aromatic heterocycles. The number of fused-ring (bicyclic) bond motifs is 3. The maximum absolute atomic E-state index is 11.8. The van der Waals surface area contributed by atoms with Gasteiger partial charge in [0.05, 0.1) is 11.8 Å². The fourth-order valence-corrected chi connectivity index (χ4v) is 4.97. The molecular weight excluding hydrogens is 444 g/mol. The summed E-state index contributed by atoms with van der Waals surface area (Å²) < 4.78 is 1.72. The molecule has 0 saturated carbocycles. The van der Waals surface area contributed by atoms with Crippen LogP contribution >= 0.6 is 0 Å². The lowest BCUT2D eigenvalue weighted by atomic mass is 9.88. The van der Waals surface area contributed by atoms with Crippen LogP contribution < -0.4 is 16.4 Å². The van der Waals surface area contributed by atoms with Crippen LogP contribution in [0.15, 0.2) is 30.6 Å². The molecule has 5 heterocycles. The minimum absolute atomic E-state index is 0.0424. The lowest BCUT2D eigenvalue weighted by Gasteiger charge is -2.23. The molecule has 4 aromatic rings. The van der Waals surface area contributed by atoms with Gasteiger partial charge in [-0.25, -0.2) is 9.97 Å². The first kappa shape index (κ1) is 21.5. The van der Waals surface area contributed by atoms with Gasteiger partial charge < -0.3 is 21.5 Å². The fourth-order valence-electron chi connectivity index (χ4n) is 4.97. The molecule has 1 atom stereocenters. The number of aryl methyl sites for hydroxylation is 1. The van der Waals surface area contributed by atoms with E-state index in [-0.39, 0.29) is 18.6 Å². The quantitative estimate of drug-likeness (QED) is 0.356. The van der Waals surface area contributed by atoms with Crippen molar-refractivity contribution in [3.8, 4) is 11.3 Å². The predicted molar refractivity (Wildman–Crippen MR) is 132 cm³/mol. The highest BCUT2D eigenvalue weighted by Gasteiger charge is 2.22. The van der Waals surface area contributed by atoms with Crippen LogP contribution in [0.2, 0.25) is 0 Å². The van der Waals surface area contributed by atoms with Crippen molar-refractivity contribution in [2.75, 3.05) is 17.6 Å².